The number of piperidine rings is 1. The summed E-state index contributed by atoms with van der Waals surface area (Å²) in [7, 11) is 1.70. The Kier molecular flexibility index (Phi) is 9.12. The summed E-state index contributed by atoms with van der Waals surface area (Å²) in [5.41, 5.74) is 0.191. The van der Waals surface area contributed by atoms with Gasteiger partial charge in [0.05, 0.1) is 5.92 Å². The van der Waals surface area contributed by atoms with Crippen molar-refractivity contribution in [3.8, 4) is 0 Å². The second-order valence-electron chi connectivity index (χ2n) is 12.2. The second-order valence-corrected chi connectivity index (χ2v) is 12.2. The van der Waals surface area contributed by atoms with Crippen LogP contribution in [-0.2, 0) is 18.4 Å². The van der Waals surface area contributed by atoms with Crippen molar-refractivity contribution in [2.24, 2.45) is 36.6 Å². The van der Waals surface area contributed by atoms with Crippen LogP contribution in [0.1, 0.15) is 58.8 Å². The minimum absolute atomic E-state index is 0.0375. The lowest BCUT2D eigenvalue weighted by Crippen LogP contribution is -2.59. The van der Waals surface area contributed by atoms with E-state index < -0.39 is 55.1 Å². The van der Waals surface area contributed by atoms with Gasteiger partial charge in [0, 0.05) is 50.5 Å². The maximum atomic E-state index is 16.2. The van der Waals surface area contributed by atoms with E-state index in [1.54, 1.807) is 28.6 Å². The lowest BCUT2D eigenvalue weighted by molar-refractivity contribution is -0.277. The summed E-state index contributed by atoms with van der Waals surface area (Å²) >= 11 is 0. The van der Waals surface area contributed by atoms with E-state index in [1.165, 1.54) is 0 Å². The average molecular weight is 566 g/mol. The lowest BCUT2D eigenvalue weighted by Gasteiger charge is -2.47. The van der Waals surface area contributed by atoms with Crippen molar-refractivity contribution in [1.29, 1.82) is 5.41 Å². The van der Waals surface area contributed by atoms with Crippen molar-refractivity contribution in [2.75, 3.05) is 6.54 Å². The zero-order valence-electron chi connectivity index (χ0n) is 22.8. The Bertz CT molecular complexity index is 1040. The van der Waals surface area contributed by atoms with Crippen molar-refractivity contribution < 1.29 is 31.1 Å². The highest BCUT2D eigenvalue weighted by molar-refractivity contribution is 5.79. The summed E-state index contributed by atoms with van der Waals surface area (Å²) < 4.78 is 89.2. The number of amides is 1. The molecule has 2 aliphatic carbocycles. The molecule has 0 bridgehead atoms. The first-order valence-corrected chi connectivity index (χ1v) is 14.1. The molecule has 9 unspecified atom stereocenters. The quantitative estimate of drug-likeness (QED) is 0.381. The number of carbonyl (C=O) groups is 1. The number of aromatic nitrogens is 2. The van der Waals surface area contributed by atoms with Gasteiger partial charge in [-0.2, -0.15) is 13.2 Å². The number of nitrogens with zero attached hydrogens (tertiary/aromatic N) is 3. The van der Waals surface area contributed by atoms with Gasteiger partial charge in [0.2, 0.25) is 11.5 Å². The fraction of sp³-hybridized carbons (Fsp3) is 0.852. The van der Waals surface area contributed by atoms with Crippen LogP contribution in [0.3, 0.4) is 0 Å². The monoisotopic (exact) mass is 565 g/mol. The van der Waals surface area contributed by atoms with E-state index in [4.69, 9.17) is 5.41 Å². The van der Waals surface area contributed by atoms with Crippen molar-refractivity contribution in [3.63, 3.8) is 0 Å². The summed E-state index contributed by atoms with van der Waals surface area (Å²) in [6.07, 6.45) is -4.17. The highest BCUT2D eigenvalue weighted by Gasteiger charge is 2.53. The third-order valence-corrected chi connectivity index (χ3v) is 9.43. The van der Waals surface area contributed by atoms with E-state index in [0.29, 0.717) is 19.3 Å². The molecule has 2 heterocycles. The van der Waals surface area contributed by atoms with Gasteiger partial charge in [-0.3, -0.25) is 10.2 Å². The van der Waals surface area contributed by atoms with E-state index in [0.717, 1.165) is 0 Å². The SMILES string of the molecule is CC1CC([C@H](C)NC(=O)C2CC(Cn3ccn(C)c3=N)CC(C3CCC(F)CN3C(F)(F)F)C2F)CCC1F. The number of hydrogen-bond acceptors (Lipinski definition) is 3. The van der Waals surface area contributed by atoms with Gasteiger partial charge < -0.3 is 14.5 Å². The van der Waals surface area contributed by atoms with E-state index in [9.17, 15) is 26.7 Å². The van der Waals surface area contributed by atoms with Gasteiger partial charge in [0.15, 0.2) is 0 Å². The highest BCUT2D eigenvalue weighted by atomic mass is 19.4. The number of nitrogens with one attached hydrogen (secondary N) is 2. The summed E-state index contributed by atoms with van der Waals surface area (Å²) in [5, 5.41) is 11.1. The van der Waals surface area contributed by atoms with Crippen molar-refractivity contribution in [3.05, 3.63) is 18.0 Å². The summed E-state index contributed by atoms with van der Waals surface area (Å²) in [6.45, 7) is 3.08. The van der Waals surface area contributed by atoms with Gasteiger partial charge in [-0.15, -0.1) is 0 Å². The zero-order valence-corrected chi connectivity index (χ0v) is 22.8. The molecule has 0 spiro atoms. The molecule has 3 aliphatic rings. The van der Waals surface area contributed by atoms with E-state index >= 15 is 4.39 Å². The smallest absolute Gasteiger partial charge is 0.353 e. The molecule has 1 aromatic rings. The van der Waals surface area contributed by atoms with Crippen LogP contribution in [-0.4, -0.2) is 63.4 Å². The van der Waals surface area contributed by atoms with Crippen LogP contribution in [0.25, 0.3) is 0 Å². The number of likely N-dealkylation sites (tertiary alicyclic amines) is 1. The van der Waals surface area contributed by atoms with Crippen molar-refractivity contribution in [1.82, 2.24) is 19.4 Å². The Morgan fingerprint density at radius 2 is 1.82 bits per heavy atom. The van der Waals surface area contributed by atoms with Gasteiger partial charge in [0.1, 0.15) is 18.5 Å². The standard InChI is InChI=1S/C27H41F6N5O/c1-15-10-18(4-6-22(15)29)16(2)35-25(39)21-12-17(13-37-9-8-36(3)26(37)34)11-20(24(21)30)23-7-5-19(28)14-38(23)27(31,32)33/h8-9,15-24,34H,4-7,10-14H2,1-3H3,(H,35,39)/t15?,16-,17?,18?,19?,20?,21?,22?,23?,24?/m0/s1. The summed E-state index contributed by atoms with van der Waals surface area (Å²) in [6, 6.07) is -1.59. The number of rotatable bonds is 6. The number of carbonyl (C=O) groups excluding carboxylic acids is 1. The van der Waals surface area contributed by atoms with E-state index in [2.05, 4.69) is 5.32 Å². The van der Waals surface area contributed by atoms with Crippen molar-refractivity contribution >= 4 is 5.91 Å². The Morgan fingerprint density at radius 3 is 2.44 bits per heavy atom. The molecule has 0 aromatic carbocycles. The molecule has 1 aromatic heterocycles. The molecule has 4 rings (SSSR count). The fourth-order valence-corrected chi connectivity index (χ4v) is 7.11. The molecule has 1 saturated heterocycles. The number of aryl methyl sites for hydroxylation is 1. The maximum Gasteiger partial charge on any atom is 0.460 e. The van der Waals surface area contributed by atoms with E-state index in [-0.39, 0.29) is 66.5 Å². The second kappa shape index (κ2) is 11.9. The van der Waals surface area contributed by atoms with Gasteiger partial charge in [-0.25, -0.2) is 18.1 Å². The minimum Gasteiger partial charge on any atom is -0.353 e. The average Bonchev–Trinajstić information content (AvgIpc) is 3.18. The molecule has 39 heavy (non-hydrogen) atoms. The Balaban J connectivity index is 1.56. The van der Waals surface area contributed by atoms with Crippen LogP contribution in [0.4, 0.5) is 26.3 Å². The molecule has 222 valence electrons. The predicted octanol–water partition coefficient (Wildman–Crippen LogP) is 4.89. The molecule has 3 fully saturated rings. The molecule has 2 saturated carbocycles. The third-order valence-electron chi connectivity index (χ3n) is 9.43. The van der Waals surface area contributed by atoms with Gasteiger partial charge in [-0.1, -0.05) is 6.92 Å². The van der Waals surface area contributed by atoms with Gasteiger partial charge in [0.25, 0.3) is 0 Å². The highest BCUT2D eigenvalue weighted by Crippen LogP contribution is 2.44. The lowest BCUT2D eigenvalue weighted by atomic mass is 9.68. The largest absolute Gasteiger partial charge is 0.460 e. The topological polar surface area (TPSA) is 66.0 Å². The van der Waals surface area contributed by atoms with Crippen LogP contribution in [0.2, 0.25) is 0 Å². The predicted molar refractivity (Wildman–Crippen MR) is 134 cm³/mol. The van der Waals surface area contributed by atoms with Crippen LogP contribution in [0, 0.1) is 35.0 Å². The van der Waals surface area contributed by atoms with Gasteiger partial charge in [-0.05, 0) is 69.6 Å². The zero-order chi connectivity index (χ0) is 28.6. The first kappa shape index (κ1) is 30.0. The van der Waals surface area contributed by atoms with E-state index in [1.807, 2.05) is 13.8 Å². The fourth-order valence-electron chi connectivity index (χ4n) is 7.11. The van der Waals surface area contributed by atoms with Crippen molar-refractivity contribution in [2.45, 2.75) is 102 Å². The number of hydrogen-bond donors (Lipinski definition) is 2. The van der Waals surface area contributed by atoms with Gasteiger partial charge >= 0.3 is 6.30 Å². The molecule has 10 atom stereocenters. The number of halogens is 6. The third kappa shape index (κ3) is 6.68. The molecular weight excluding hydrogens is 524 g/mol. The Hall–Kier alpha value is -1.98. The Labute approximate surface area is 225 Å². The molecule has 1 amide bonds. The number of imidazole rings is 1. The van der Waals surface area contributed by atoms with Crippen LogP contribution >= 0.6 is 0 Å². The molecule has 6 nitrogen and oxygen atoms in total. The molecule has 12 heteroatoms. The molecule has 0 radical (unpaired) electrons. The van der Waals surface area contributed by atoms with Crippen LogP contribution in [0.15, 0.2) is 12.4 Å². The normalized spacial score (nSPS) is 37.4. The van der Waals surface area contributed by atoms with Crippen LogP contribution < -0.4 is 10.9 Å². The maximum absolute atomic E-state index is 16.2. The Morgan fingerprint density at radius 1 is 1.10 bits per heavy atom. The van der Waals surface area contributed by atoms with Crippen LogP contribution in [0.5, 0.6) is 0 Å². The molecule has 2 N–H and O–H groups in total. The number of alkyl halides is 6. The molecule has 1 aliphatic heterocycles. The summed E-state index contributed by atoms with van der Waals surface area (Å²) in [5.74, 6) is -3.25. The molecular formula is C27H41F6N5O. The first-order chi connectivity index (χ1) is 18.3. The summed E-state index contributed by atoms with van der Waals surface area (Å²) in [4.78, 5) is 13.6. The minimum atomic E-state index is -4.82. The first-order valence-electron chi connectivity index (χ1n) is 14.1.